The van der Waals surface area contributed by atoms with E-state index < -0.39 is 5.60 Å². The number of nitrogens with zero attached hydrogens (tertiary/aromatic N) is 1. The minimum atomic E-state index is -0.420. The molecule has 2 aromatic carbocycles. The van der Waals surface area contributed by atoms with Crippen LogP contribution in [-0.4, -0.2) is 45.4 Å². The van der Waals surface area contributed by atoms with Crippen molar-refractivity contribution in [1.82, 2.24) is 14.9 Å². The molecule has 29 heavy (non-hydrogen) atoms. The molecule has 1 spiro atoms. The lowest BCUT2D eigenvalue weighted by atomic mass is 9.82. The number of carbonyl (C=O) groups is 1. The van der Waals surface area contributed by atoms with Gasteiger partial charge in [0, 0.05) is 38.0 Å². The Morgan fingerprint density at radius 3 is 2.31 bits per heavy atom. The number of aromatic amines is 2. The van der Waals surface area contributed by atoms with Crippen LogP contribution in [0.5, 0.6) is 5.75 Å². The predicted octanol–water partition coefficient (Wildman–Crippen LogP) is 2.82. The number of hydrogen-bond acceptors (Lipinski definition) is 4. The standard InChI is InChI=1S/C23H23N3O3/c27-20-13-23(29-21-12-19-18(11-17(20)21)24-22(28)25-19)5-7-26(8-6-23)16-9-14-3-1-2-4-15(14)10-16/h1-4,11-12,16H,5-10,13H2,(H2,24,25,28). The molecule has 1 aliphatic carbocycles. The molecule has 2 N–H and O–H groups in total. The van der Waals surface area contributed by atoms with Gasteiger partial charge in [0.25, 0.3) is 0 Å². The van der Waals surface area contributed by atoms with Crippen LogP contribution < -0.4 is 10.4 Å². The van der Waals surface area contributed by atoms with E-state index in [4.69, 9.17) is 4.74 Å². The van der Waals surface area contributed by atoms with Crippen molar-refractivity contribution in [2.24, 2.45) is 0 Å². The van der Waals surface area contributed by atoms with Crippen molar-refractivity contribution in [3.8, 4) is 5.75 Å². The Kier molecular flexibility index (Phi) is 3.56. The zero-order chi connectivity index (χ0) is 19.6. The third-order valence-electron chi connectivity index (χ3n) is 6.98. The quantitative estimate of drug-likeness (QED) is 0.671. The number of piperidine rings is 1. The third kappa shape index (κ3) is 2.74. The number of hydrogen-bond donors (Lipinski definition) is 2. The molecule has 3 aromatic rings. The van der Waals surface area contributed by atoms with Gasteiger partial charge in [-0.3, -0.25) is 9.69 Å². The van der Waals surface area contributed by atoms with Crippen molar-refractivity contribution in [3.63, 3.8) is 0 Å². The molecule has 0 amide bonds. The van der Waals surface area contributed by atoms with E-state index in [1.165, 1.54) is 11.1 Å². The summed E-state index contributed by atoms with van der Waals surface area (Å²) in [6.07, 6.45) is 4.35. The maximum atomic E-state index is 12.9. The van der Waals surface area contributed by atoms with Crippen LogP contribution in [0.2, 0.25) is 0 Å². The lowest BCUT2D eigenvalue weighted by Gasteiger charge is -2.45. The van der Waals surface area contributed by atoms with Crippen molar-refractivity contribution in [3.05, 3.63) is 63.6 Å². The van der Waals surface area contributed by atoms with Crippen molar-refractivity contribution in [2.75, 3.05) is 13.1 Å². The summed E-state index contributed by atoms with van der Waals surface area (Å²) in [4.78, 5) is 32.5. The first-order valence-electron chi connectivity index (χ1n) is 10.4. The monoisotopic (exact) mass is 389 g/mol. The molecule has 3 heterocycles. The number of fused-ring (bicyclic) bond motifs is 3. The Hall–Kier alpha value is -2.86. The second-order valence-electron chi connectivity index (χ2n) is 8.72. The van der Waals surface area contributed by atoms with Gasteiger partial charge in [0.1, 0.15) is 11.4 Å². The number of benzene rings is 2. The molecular formula is C23H23N3O3. The summed E-state index contributed by atoms with van der Waals surface area (Å²) < 4.78 is 6.44. The molecule has 148 valence electrons. The third-order valence-corrected chi connectivity index (χ3v) is 6.98. The lowest BCUT2D eigenvalue weighted by molar-refractivity contribution is -0.0176. The van der Waals surface area contributed by atoms with Gasteiger partial charge in [-0.25, -0.2) is 4.79 Å². The van der Waals surface area contributed by atoms with Crippen LogP contribution in [0.1, 0.15) is 40.7 Å². The Bertz CT molecular complexity index is 1160. The van der Waals surface area contributed by atoms with Crippen LogP contribution in [0.25, 0.3) is 11.0 Å². The average molecular weight is 389 g/mol. The smallest absolute Gasteiger partial charge is 0.323 e. The maximum absolute atomic E-state index is 12.9. The molecular weight excluding hydrogens is 366 g/mol. The van der Waals surface area contributed by atoms with Crippen LogP contribution in [0.15, 0.2) is 41.2 Å². The first-order chi connectivity index (χ1) is 14.1. The summed E-state index contributed by atoms with van der Waals surface area (Å²) in [5, 5.41) is 0. The number of rotatable bonds is 1. The van der Waals surface area contributed by atoms with Gasteiger partial charge in [-0.2, -0.15) is 0 Å². The minimum Gasteiger partial charge on any atom is -0.486 e. The maximum Gasteiger partial charge on any atom is 0.323 e. The number of nitrogens with one attached hydrogen (secondary N) is 2. The van der Waals surface area contributed by atoms with Gasteiger partial charge in [0.05, 0.1) is 23.0 Å². The van der Waals surface area contributed by atoms with Crippen LogP contribution >= 0.6 is 0 Å². The van der Waals surface area contributed by atoms with Gasteiger partial charge < -0.3 is 14.7 Å². The van der Waals surface area contributed by atoms with Crippen LogP contribution in [0, 0.1) is 0 Å². The summed E-state index contributed by atoms with van der Waals surface area (Å²) in [7, 11) is 0. The number of Topliss-reactive ketones (excluding diaryl/α,β-unsaturated/α-hetero) is 1. The second-order valence-corrected chi connectivity index (χ2v) is 8.72. The molecule has 0 atom stereocenters. The van der Waals surface area contributed by atoms with Crippen LogP contribution in [0.4, 0.5) is 0 Å². The number of H-pyrrole nitrogens is 2. The minimum absolute atomic E-state index is 0.108. The van der Waals surface area contributed by atoms with Crippen molar-refractivity contribution < 1.29 is 9.53 Å². The fraction of sp³-hybridized carbons (Fsp3) is 0.391. The van der Waals surface area contributed by atoms with Crippen LogP contribution in [-0.2, 0) is 12.8 Å². The SMILES string of the molecule is O=C1CC2(CCN(C3Cc4ccccc4C3)CC2)Oc2cc3[nH]c(=O)[nH]c3cc21. The molecule has 6 rings (SSSR count). The highest BCUT2D eigenvalue weighted by Crippen LogP contribution is 2.41. The van der Waals surface area contributed by atoms with E-state index in [0.29, 0.717) is 34.8 Å². The summed E-state index contributed by atoms with van der Waals surface area (Å²) in [5.41, 5.74) is 4.16. The van der Waals surface area contributed by atoms with Gasteiger partial charge in [-0.1, -0.05) is 24.3 Å². The molecule has 1 aromatic heterocycles. The van der Waals surface area contributed by atoms with E-state index in [9.17, 15) is 9.59 Å². The normalized spacial score (nSPS) is 21.3. The topological polar surface area (TPSA) is 78.2 Å². The van der Waals surface area contributed by atoms with E-state index in [0.717, 1.165) is 38.8 Å². The summed E-state index contributed by atoms with van der Waals surface area (Å²) >= 11 is 0. The zero-order valence-electron chi connectivity index (χ0n) is 16.2. The Labute approximate surface area is 167 Å². The van der Waals surface area contributed by atoms with Gasteiger partial charge in [-0.15, -0.1) is 0 Å². The summed E-state index contributed by atoms with van der Waals surface area (Å²) in [6, 6.07) is 12.8. The van der Waals surface area contributed by atoms with E-state index in [-0.39, 0.29) is 11.5 Å². The summed E-state index contributed by atoms with van der Waals surface area (Å²) in [5.74, 6) is 0.711. The average Bonchev–Trinajstić information content (AvgIpc) is 3.29. The highest BCUT2D eigenvalue weighted by molar-refractivity contribution is 6.03. The highest BCUT2D eigenvalue weighted by atomic mass is 16.5. The molecule has 1 fully saturated rings. The van der Waals surface area contributed by atoms with Crippen molar-refractivity contribution in [2.45, 2.75) is 43.7 Å². The number of ketones is 1. The molecule has 6 heteroatoms. The van der Waals surface area contributed by atoms with Gasteiger partial charge >= 0.3 is 5.69 Å². The second kappa shape index (κ2) is 6.07. The Morgan fingerprint density at radius 1 is 0.966 bits per heavy atom. The molecule has 2 aliphatic heterocycles. The zero-order valence-corrected chi connectivity index (χ0v) is 16.2. The number of carbonyl (C=O) groups excluding carboxylic acids is 1. The molecule has 0 saturated carbocycles. The van der Waals surface area contributed by atoms with E-state index in [1.807, 2.05) is 0 Å². The van der Waals surface area contributed by atoms with Crippen molar-refractivity contribution >= 4 is 16.8 Å². The van der Waals surface area contributed by atoms with Crippen molar-refractivity contribution in [1.29, 1.82) is 0 Å². The fourth-order valence-electron chi connectivity index (χ4n) is 5.39. The van der Waals surface area contributed by atoms with Gasteiger partial charge in [0.2, 0.25) is 0 Å². The Morgan fingerprint density at radius 2 is 1.62 bits per heavy atom. The van der Waals surface area contributed by atoms with Gasteiger partial charge in [0.15, 0.2) is 5.78 Å². The largest absolute Gasteiger partial charge is 0.486 e. The van der Waals surface area contributed by atoms with E-state index >= 15 is 0 Å². The molecule has 0 bridgehead atoms. The molecule has 6 nitrogen and oxygen atoms in total. The number of aromatic nitrogens is 2. The first kappa shape index (κ1) is 17.0. The number of ether oxygens (including phenoxy) is 1. The Balaban J connectivity index is 1.21. The molecule has 0 radical (unpaired) electrons. The first-order valence-corrected chi connectivity index (χ1v) is 10.4. The molecule has 1 saturated heterocycles. The van der Waals surface area contributed by atoms with Crippen LogP contribution in [0.3, 0.4) is 0 Å². The summed E-state index contributed by atoms with van der Waals surface area (Å²) in [6.45, 7) is 1.90. The fourth-order valence-corrected chi connectivity index (χ4v) is 5.39. The molecule has 3 aliphatic rings. The lowest BCUT2D eigenvalue weighted by Crippen LogP contribution is -2.53. The van der Waals surface area contributed by atoms with E-state index in [2.05, 4.69) is 39.1 Å². The molecule has 0 unspecified atom stereocenters. The predicted molar refractivity (Wildman–Crippen MR) is 110 cm³/mol. The number of imidazole rings is 1. The van der Waals surface area contributed by atoms with Gasteiger partial charge in [-0.05, 0) is 30.0 Å². The van der Waals surface area contributed by atoms with E-state index in [1.54, 1.807) is 12.1 Å². The highest BCUT2D eigenvalue weighted by Gasteiger charge is 2.44. The number of likely N-dealkylation sites (tertiary alicyclic amines) is 1.